The maximum Gasteiger partial charge on any atom is 0.310 e. The highest BCUT2D eigenvalue weighted by molar-refractivity contribution is 6.32. The molecule has 0 saturated carbocycles. The third kappa shape index (κ3) is 4.41. The number of halogens is 1. The SMILES string of the molecule is CCOC(=O)Cc1ccc(N2CCc3c(CC)nc(-c4ccc(OC)c(Cl)c4)nc32)cc1. The van der Waals surface area contributed by atoms with E-state index in [1.807, 2.05) is 49.4 Å². The van der Waals surface area contributed by atoms with Gasteiger partial charge in [-0.25, -0.2) is 9.97 Å². The van der Waals surface area contributed by atoms with E-state index in [4.69, 9.17) is 31.0 Å². The second-order valence-electron chi connectivity index (χ2n) is 7.55. The third-order valence-corrected chi connectivity index (χ3v) is 5.85. The minimum absolute atomic E-state index is 0.213. The van der Waals surface area contributed by atoms with Crippen LogP contribution in [-0.2, 0) is 28.8 Å². The van der Waals surface area contributed by atoms with Crippen molar-refractivity contribution >= 4 is 29.1 Å². The maximum atomic E-state index is 11.8. The van der Waals surface area contributed by atoms with Crippen LogP contribution >= 0.6 is 11.6 Å². The molecule has 166 valence electrons. The fraction of sp³-hybridized carbons (Fsp3) is 0.320. The summed E-state index contributed by atoms with van der Waals surface area (Å²) in [6.45, 7) is 5.15. The van der Waals surface area contributed by atoms with Gasteiger partial charge in [0.05, 0.1) is 25.2 Å². The number of carbonyl (C=O) groups excluding carboxylic acids is 1. The lowest BCUT2D eigenvalue weighted by atomic mass is 10.1. The van der Waals surface area contributed by atoms with E-state index in [0.29, 0.717) is 23.2 Å². The van der Waals surface area contributed by atoms with Crippen molar-refractivity contribution in [1.29, 1.82) is 0 Å². The van der Waals surface area contributed by atoms with Crippen LogP contribution in [0.5, 0.6) is 5.75 Å². The number of carbonyl (C=O) groups is 1. The highest BCUT2D eigenvalue weighted by Gasteiger charge is 2.26. The molecule has 0 spiro atoms. The normalized spacial score (nSPS) is 12.6. The molecule has 3 aromatic rings. The Morgan fingerprint density at radius 1 is 1.12 bits per heavy atom. The molecule has 0 saturated heterocycles. The number of aromatic nitrogens is 2. The van der Waals surface area contributed by atoms with Gasteiger partial charge in [0.1, 0.15) is 11.6 Å². The van der Waals surface area contributed by atoms with Gasteiger partial charge in [-0.15, -0.1) is 0 Å². The van der Waals surface area contributed by atoms with Crippen LogP contribution in [0, 0.1) is 0 Å². The molecular weight excluding hydrogens is 426 g/mol. The summed E-state index contributed by atoms with van der Waals surface area (Å²) in [5, 5.41) is 0.529. The predicted octanol–water partition coefficient (Wildman–Crippen LogP) is 5.17. The molecule has 6 nitrogen and oxygen atoms in total. The van der Waals surface area contributed by atoms with Crippen LogP contribution in [0.25, 0.3) is 11.4 Å². The van der Waals surface area contributed by atoms with Crippen LogP contribution in [-0.4, -0.2) is 36.2 Å². The van der Waals surface area contributed by atoms with Crippen molar-refractivity contribution in [3.63, 3.8) is 0 Å². The largest absolute Gasteiger partial charge is 0.495 e. The molecule has 4 rings (SSSR count). The fourth-order valence-electron chi connectivity index (χ4n) is 3.98. The zero-order valence-electron chi connectivity index (χ0n) is 18.5. The van der Waals surface area contributed by atoms with Crippen molar-refractivity contribution in [1.82, 2.24) is 9.97 Å². The first-order chi connectivity index (χ1) is 15.5. The van der Waals surface area contributed by atoms with Crippen molar-refractivity contribution in [3.8, 4) is 17.1 Å². The standard InChI is InChI=1S/C25H26ClN3O3/c1-4-21-19-12-13-29(18-9-6-16(7-10-18)14-23(30)32-5-2)25(19)28-24(27-21)17-8-11-22(31-3)20(26)15-17/h6-11,15H,4-5,12-14H2,1-3H3. The van der Waals surface area contributed by atoms with Gasteiger partial charge >= 0.3 is 5.97 Å². The maximum absolute atomic E-state index is 11.8. The molecule has 2 heterocycles. The number of anilines is 2. The van der Waals surface area contributed by atoms with Gasteiger partial charge in [0.2, 0.25) is 0 Å². The van der Waals surface area contributed by atoms with E-state index < -0.39 is 0 Å². The molecule has 2 aromatic carbocycles. The van der Waals surface area contributed by atoms with E-state index in [9.17, 15) is 4.79 Å². The first-order valence-electron chi connectivity index (χ1n) is 10.8. The summed E-state index contributed by atoms with van der Waals surface area (Å²) in [5.41, 5.74) is 5.06. The van der Waals surface area contributed by atoms with Gasteiger partial charge in [0.15, 0.2) is 5.82 Å². The monoisotopic (exact) mass is 451 g/mol. The van der Waals surface area contributed by atoms with Crippen LogP contribution < -0.4 is 9.64 Å². The molecule has 1 aromatic heterocycles. The molecule has 0 atom stereocenters. The molecule has 0 fully saturated rings. The van der Waals surface area contributed by atoms with Crippen molar-refractivity contribution in [2.24, 2.45) is 0 Å². The van der Waals surface area contributed by atoms with Crippen molar-refractivity contribution in [2.75, 3.05) is 25.2 Å². The van der Waals surface area contributed by atoms with E-state index in [2.05, 4.69) is 11.8 Å². The van der Waals surface area contributed by atoms with Gasteiger partial charge < -0.3 is 14.4 Å². The highest BCUT2D eigenvalue weighted by atomic mass is 35.5. The molecule has 7 heteroatoms. The number of nitrogens with zero attached hydrogens (tertiary/aromatic N) is 3. The average Bonchev–Trinajstić information content (AvgIpc) is 3.23. The minimum Gasteiger partial charge on any atom is -0.495 e. The summed E-state index contributed by atoms with van der Waals surface area (Å²) in [4.78, 5) is 23.7. The van der Waals surface area contributed by atoms with Crippen molar-refractivity contribution < 1.29 is 14.3 Å². The van der Waals surface area contributed by atoms with E-state index in [1.165, 1.54) is 5.56 Å². The summed E-state index contributed by atoms with van der Waals surface area (Å²) in [6.07, 6.45) is 2.00. The van der Waals surface area contributed by atoms with Crippen LogP contribution in [0.3, 0.4) is 0 Å². The Labute approximate surface area is 193 Å². The van der Waals surface area contributed by atoms with E-state index in [1.54, 1.807) is 7.11 Å². The Morgan fingerprint density at radius 3 is 2.56 bits per heavy atom. The van der Waals surface area contributed by atoms with E-state index in [-0.39, 0.29) is 12.4 Å². The predicted molar refractivity (Wildman–Crippen MR) is 126 cm³/mol. The number of hydrogen-bond donors (Lipinski definition) is 0. The molecule has 0 radical (unpaired) electrons. The van der Waals surface area contributed by atoms with Gasteiger partial charge in [0, 0.05) is 29.1 Å². The number of esters is 1. The van der Waals surface area contributed by atoms with E-state index >= 15 is 0 Å². The van der Waals surface area contributed by atoms with Crippen LogP contribution in [0.1, 0.15) is 30.7 Å². The number of ether oxygens (including phenoxy) is 2. The topological polar surface area (TPSA) is 64.5 Å². The van der Waals surface area contributed by atoms with Crippen LogP contribution in [0.15, 0.2) is 42.5 Å². The van der Waals surface area contributed by atoms with Gasteiger partial charge in [-0.2, -0.15) is 0 Å². The second kappa shape index (κ2) is 9.57. The average molecular weight is 452 g/mol. The number of hydrogen-bond acceptors (Lipinski definition) is 6. The molecule has 0 bridgehead atoms. The molecule has 32 heavy (non-hydrogen) atoms. The molecule has 0 N–H and O–H groups in total. The number of methoxy groups -OCH3 is 1. The Hall–Kier alpha value is -3.12. The van der Waals surface area contributed by atoms with Gasteiger partial charge in [-0.05, 0) is 55.7 Å². The summed E-state index contributed by atoms with van der Waals surface area (Å²) in [5.74, 6) is 1.99. The van der Waals surface area contributed by atoms with E-state index in [0.717, 1.165) is 47.7 Å². The second-order valence-corrected chi connectivity index (χ2v) is 7.96. The Balaban J connectivity index is 1.66. The Bertz CT molecular complexity index is 1130. The number of rotatable bonds is 7. The highest BCUT2D eigenvalue weighted by Crippen LogP contribution is 2.37. The van der Waals surface area contributed by atoms with Crippen molar-refractivity contribution in [3.05, 3.63) is 64.3 Å². The van der Waals surface area contributed by atoms with Crippen LogP contribution in [0.2, 0.25) is 5.02 Å². The van der Waals surface area contributed by atoms with Crippen LogP contribution in [0.4, 0.5) is 11.5 Å². The van der Waals surface area contributed by atoms with Gasteiger partial charge in [-0.1, -0.05) is 30.7 Å². The lowest BCUT2D eigenvalue weighted by Gasteiger charge is -2.20. The van der Waals surface area contributed by atoms with Gasteiger partial charge in [0.25, 0.3) is 0 Å². The molecular formula is C25H26ClN3O3. The summed E-state index contributed by atoms with van der Waals surface area (Å²) in [6, 6.07) is 13.6. The first-order valence-corrected chi connectivity index (χ1v) is 11.2. The quantitative estimate of drug-likeness (QED) is 0.462. The van der Waals surface area contributed by atoms with Gasteiger partial charge in [-0.3, -0.25) is 4.79 Å². The molecule has 0 aliphatic carbocycles. The Morgan fingerprint density at radius 2 is 1.91 bits per heavy atom. The zero-order chi connectivity index (χ0) is 22.7. The smallest absolute Gasteiger partial charge is 0.310 e. The number of benzene rings is 2. The summed E-state index contributed by atoms with van der Waals surface area (Å²) < 4.78 is 10.3. The lowest BCUT2D eigenvalue weighted by molar-refractivity contribution is -0.142. The fourth-order valence-corrected chi connectivity index (χ4v) is 4.23. The zero-order valence-corrected chi connectivity index (χ0v) is 19.3. The molecule has 0 unspecified atom stereocenters. The van der Waals surface area contributed by atoms with Crippen molar-refractivity contribution in [2.45, 2.75) is 33.1 Å². The number of fused-ring (bicyclic) bond motifs is 1. The third-order valence-electron chi connectivity index (χ3n) is 5.56. The molecule has 1 aliphatic rings. The number of aryl methyl sites for hydroxylation is 1. The lowest BCUT2D eigenvalue weighted by Crippen LogP contribution is -2.15. The molecule has 1 aliphatic heterocycles. The molecule has 0 amide bonds. The summed E-state index contributed by atoms with van der Waals surface area (Å²) >= 11 is 6.34. The summed E-state index contributed by atoms with van der Waals surface area (Å²) in [7, 11) is 1.60. The first kappa shape index (κ1) is 22.1. The Kier molecular flexibility index (Phi) is 6.61. The minimum atomic E-state index is -0.213.